The van der Waals surface area contributed by atoms with Gasteiger partial charge >= 0.3 is 0 Å². The first-order valence-corrected chi connectivity index (χ1v) is 9.09. The predicted octanol–water partition coefficient (Wildman–Crippen LogP) is 2.48. The van der Waals surface area contributed by atoms with Crippen LogP contribution in [0.25, 0.3) is 0 Å². The predicted molar refractivity (Wildman–Crippen MR) is 108 cm³/mol. The number of hydrogen-bond donors (Lipinski definition) is 3. The quantitative estimate of drug-likeness (QED) is 0.656. The molecular formula is C19H22Cl2N3O3+. The summed E-state index contributed by atoms with van der Waals surface area (Å²) in [6, 6.07) is 11.7. The summed E-state index contributed by atoms with van der Waals surface area (Å²) in [5.74, 6) is 0.0572. The molecule has 3 N–H and O–H groups in total. The number of benzene rings is 2. The highest BCUT2D eigenvalue weighted by atomic mass is 35.5. The number of quaternary nitrogens is 1. The first kappa shape index (κ1) is 21.0. The van der Waals surface area contributed by atoms with Gasteiger partial charge in [-0.3, -0.25) is 9.59 Å². The van der Waals surface area contributed by atoms with Crippen molar-refractivity contribution in [3.8, 4) is 5.75 Å². The number of likely N-dealkylation sites (N-methyl/N-ethyl adjacent to an activating group) is 1. The van der Waals surface area contributed by atoms with Crippen LogP contribution in [0.4, 0.5) is 11.4 Å². The SMILES string of the molecule is COc1ccccc1NC(=O)[C@@H](C)[NH+](C)CC(=O)Nc1c(Cl)cccc1Cl. The lowest BCUT2D eigenvalue weighted by Crippen LogP contribution is -3.14. The number of anilines is 2. The monoisotopic (exact) mass is 410 g/mol. The number of para-hydroxylation sites is 3. The summed E-state index contributed by atoms with van der Waals surface area (Å²) in [5.41, 5.74) is 0.946. The summed E-state index contributed by atoms with van der Waals surface area (Å²) in [7, 11) is 3.30. The second kappa shape index (κ2) is 9.60. The molecule has 0 heterocycles. The van der Waals surface area contributed by atoms with Crippen LogP contribution in [-0.4, -0.2) is 38.6 Å². The summed E-state index contributed by atoms with van der Waals surface area (Å²) < 4.78 is 5.23. The third-order valence-corrected chi connectivity index (χ3v) is 4.79. The molecule has 2 aromatic rings. The van der Waals surface area contributed by atoms with E-state index in [0.29, 0.717) is 32.1 Å². The van der Waals surface area contributed by atoms with Crippen molar-refractivity contribution in [2.45, 2.75) is 13.0 Å². The van der Waals surface area contributed by atoms with Crippen molar-refractivity contribution in [1.82, 2.24) is 0 Å². The Bertz CT molecular complexity index is 809. The fraction of sp³-hybridized carbons (Fsp3) is 0.263. The smallest absolute Gasteiger partial charge is 0.282 e. The molecule has 0 spiro atoms. The molecule has 6 nitrogen and oxygen atoms in total. The van der Waals surface area contributed by atoms with Crippen LogP contribution in [0.5, 0.6) is 5.75 Å². The number of halogens is 2. The zero-order valence-electron chi connectivity index (χ0n) is 15.3. The molecule has 0 aliphatic heterocycles. The van der Waals surface area contributed by atoms with Crippen molar-refractivity contribution < 1.29 is 19.2 Å². The van der Waals surface area contributed by atoms with Gasteiger partial charge in [0.1, 0.15) is 5.75 Å². The van der Waals surface area contributed by atoms with Crippen LogP contribution in [0.2, 0.25) is 10.0 Å². The molecule has 144 valence electrons. The van der Waals surface area contributed by atoms with Crippen molar-refractivity contribution in [2.24, 2.45) is 0 Å². The maximum absolute atomic E-state index is 12.5. The Morgan fingerprint density at radius 3 is 2.33 bits per heavy atom. The van der Waals surface area contributed by atoms with Crippen LogP contribution >= 0.6 is 23.2 Å². The van der Waals surface area contributed by atoms with Crippen LogP contribution in [-0.2, 0) is 9.59 Å². The molecule has 2 atom stereocenters. The Morgan fingerprint density at radius 2 is 1.70 bits per heavy atom. The zero-order chi connectivity index (χ0) is 20.0. The zero-order valence-corrected chi connectivity index (χ0v) is 16.8. The van der Waals surface area contributed by atoms with E-state index in [1.54, 1.807) is 50.4 Å². The topological polar surface area (TPSA) is 71.9 Å². The highest BCUT2D eigenvalue weighted by Gasteiger charge is 2.25. The van der Waals surface area contributed by atoms with Crippen LogP contribution in [0, 0.1) is 0 Å². The van der Waals surface area contributed by atoms with Gasteiger partial charge in [0.2, 0.25) is 0 Å². The van der Waals surface area contributed by atoms with Gasteiger partial charge in [-0.05, 0) is 31.2 Å². The lowest BCUT2D eigenvalue weighted by Gasteiger charge is -2.21. The van der Waals surface area contributed by atoms with E-state index in [4.69, 9.17) is 27.9 Å². The summed E-state index contributed by atoms with van der Waals surface area (Å²) in [6.45, 7) is 1.82. The number of ether oxygens (including phenoxy) is 1. The second-order valence-electron chi connectivity index (χ2n) is 6.08. The molecule has 0 radical (unpaired) electrons. The molecule has 27 heavy (non-hydrogen) atoms. The van der Waals surface area contributed by atoms with Gasteiger partial charge in [-0.2, -0.15) is 0 Å². The number of rotatable bonds is 7. The number of hydrogen-bond acceptors (Lipinski definition) is 3. The normalized spacial score (nSPS) is 12.8. The van der Waals surface area contributed by atoms with E-state index >= 15 is 0 Å². The molecule has 1 unspecified atom stereocenters. The van der Waals surface area contributed by atoms with Gasteiger partial charge < -0.3 is 20.3 Å². The van der Waals surface area contributed by atoms with Gasteiger partial charge in [-0.25, -0.2) is 0 Å². The average molecular weight is 411 g/mol. The number of nitrogens with one attached hydrogen (secondary N) is 3. The van der Waals surface area contributed by atoms with E-state index in [9.17, 15) is 9.59 Å². The lowest BCUT2D eigenvalue weighted by molar-refractivity contribution is -0.885. The minimum Gasteiger partial charge on any atom is -0.495 e. The summed E-state index contributed by atoms with van der Waals surface area (Å²) >= 11 is 12.1. The first-order valence-electron chi connectivity index (χ1n) is 8.33. The minimum absolute atomic E-state index is 0.0715. The van der Waals surface area contributed by atoms with Crippen LogP contribution in [0.15, 0.2) is 42.5 Å². The molecule has 2 rings (SSSR count). The number of methoxy groups -OCH3 is 1. The Hall–Kier alpha value is -2.28. The minimum atomic E-state index is -0.470. The molecule has 2 amide bonds. The van der Waals surface area contributed by atoms with E-state index in [2.05, 4.69) is 10.6 Å². The van der Waals surface area contributed by atoms with Crippen LogP contribution in [0.1, 0.15) is 6.92 Å². The van der Waals surface area contributed by atoms with Gasteiger partial charge in [0.25, 0.3) is 11.8 Å². The Kier molecular flexibility index (Phi) is 7.47. The van der Waals surface area contributed by atoms with E-state index < -0.39 is 6.04 Å². The largest absolute Gasteiger partial charge is 0.495 e. The second-order valence-corrected chi connectivity index (χ2v) is 6.89. The molecule has 0 saturated heterocycles. The lowest BCUT2D eigenvalue weighted by atomic mass is 10.2. The van der Waals surface area contributed by atoms with Crippen molar-refractivity contribution in [3.63, 3.8) is 0 Å². The standard InChI is InChI=1S/C19H21Cl2N3O3/c1-12(19(26)22-15-9-4-5-10-16(15)27-3)24(2)11-17(25)23-18-13(20)7-6-8-14(18)21/h4-10,12H,11H2,1-3H3,(H,22,26)(H,23,25)/p+1/t12-/m1/s1. The molecule has 2 aromatic carbocycles. The van der Waals surface area contributed by atoms with E-state index in [1.165, 1.54) is 7.11 Å². The Balaban J connectivity index is 1.97. The maximum atomic E-state index is 12.5. The summed E-state index contributed by atoms with van der Waals surface area (Å²) in [5, 5.41) is 6.23. The average Bonchev–Trinajstić information content (AvgIpc) is 2.64. The molecule has 8 heteroatoms. The highest BCUT2D eigenvalue weighted by molar-refractivity contribution is 6.39. The molecule has 0 aliphatic carbocycles. The molecule has 0 aliphatic rings. The van der Waals surface area contributed by atoms with Crippen molar-refractivity contribution in [2.75, 3.05) is 31.3 Å². The summed E-state index contributed by atoms with van der Waals surface area (Å²) in [6.07, 6.45) is 0. The first-order chi connectivity index (χ1) is 12.8. The molecule has 0 saturated carbocycles. The van der Waals surface area contributed by atoms with Crippen molar-refractivity contribution >= 4 is 46.4 Å². The van der Waals surface area contributed by atoms with Crippen molar-refractivity contribution in [3.05, 3.63) is 52.5 Å². The molecule has 0 bridgehead atoms. The van der Waals surface area contributed by atoms with Gasteiger partial charge in [-0.15, -0.1) is 0 Å². The van der Waals surface area contributed by atoms with E-state index in [-0.39, 0.29) is 18.4 Å². The highest BCUT2D eigenvalue weighted by Crippen LogP contribution is 2.29. The number of carbonyl (C=O) groups is 2. The van der Waals surface area contributed by atoms with Gasteiger partial charge in [0.05, 0.1) is 35.6 Å². The van der Waals surface area contributed by atoms with E-state index in [1.807, 2.05) is 6.07 Å². The Labute approximate surface area is 168 Å². The van der Waals surface area contributed by atoms with Gasteiger partial charge in [-0.1, -0.05) is 41.4 Å². The number of amides is 2. The van der Waals surface area contributed by atoms with Crippen molar-refractivity contribution in [1.29, 1.82) is 0 Å². The fourth-order valence-corrected chi connectivity index (χ4v) is 2.91. The van der Waals surface area contributed by atoms with Gasteiger partial charge in [0.15, 0.2) is 12.6 Å². The molecule has 0 fully saturated rings. The summed E-state index contributed by atoms with van der Waals surface area (Å²) in [4.78, 5) is 25.5. The Morgan fingerprint density at radius 1 is 1.07 bits per heavy atom. The van der Waals surface area contributed by atoms with Crippen LogP contribution < -0.4 is 20.3 Å². The maximum Gasteiger partial charge on any atom is 0.282 e. The van der Waals surface area contributed by atoms with Gasteiger partial charge in [0, 0.05) is 0 Å². The fourth-order valence-electron chi connectivity index (χ4n) is 2.42. The number of carbonyl (C=O) groups excluding carboxylic acids is 2. The van der Waals surface area contributed by atoms with Crippen LogP contribution in [0.3, 0.4) is 0 Å². The van der Waals surface area contributed by atoms with E-state index in [0.717, 1.165) is 0 Å². The third-order valence-electron chi connectivity index (χ3n) is 4.16. The molecule has 0 aromatic heterocycles. The third kappa shape index (κ3) is 5.60. The molecular weight excluding hydrogens is 389 g/mol.